The molecule has 0 bridgehead atoms. The van der Waals surface area contributed by atoms with E-state index in [0.717, 1.165) is 0 Å². The Morgan fingerprint density at radius 1 is 0.438 bits per heavy atom. The van der Waals surface area contributed by atoms with Crippen molar-refractivity contribution in [3.63, 3.8) is 0 Å². The van der Waals surface area contributed by atoms with Crippen molar-refractivity contribution < 1.29 is 65.9 Å². The molecule has 2 rings (SSSR count). The summed E-state index contributed by atoms with van der Waals surface area (Å²) in [6.07, 6.45) is 0. The van der Waals surface area contributed by atoms with Crippen molar-refractivity contribution in [1.29, 1.82) is 0 Å². The van der Waals surface area contributed by atoms with Gasteiger partial charge in [0.2, 0.25) is 0 Å². The van der Waals surface area contributed by atoms with Crippen molar-refractivity contribution in [1.82, 2.24) is 0 Å². The first-order chi connectivity index (χ1) is 14.7. The van der Waals surface area contributed by atoms with Crippen LogP contribution in [0.1, 0.15) is 41.4 Å². The van der Waals surface area contributed by atoms with Crippen molar-refractivity contribution in [3.05, 3.63) is 57.2 Å². The predicted octanol–water partition coefficient (Wildman–Crippen LogP) is 0.588. The number of hydrogen-bond acceptors (Lipinski definition) is 4. The minimum absolute atomic E-state index is 1.30. The van der Waals surface area contributed by atoms with Crippen LogP contribution in [-0.4, -0.2) is 78.4 Å². The normalized spacial score (nSPS) is 10.8. The first-order valence-corrected chi connectivity index (χ1v) is 17.1. The molecule has 0 unspecified atom stereocenters. The molecule has 0 spiro atoms. The molecule has 2 aromatic rings. The van der Waals surface area contributed by atoms with Crippen molar-refractivity contribution in [2.45, 2.75) is 0 Å². The molecule has 0 fully saturated rings. The molecule has 32 heavy (non-hydrogen) atoms. The van der Waals surface area contributed by atoms with Gasteiger partial charge in [0, 0.05) is 0 Å². The Morgan fingerprint density at radius 2 is 0.656 bits per heavy atom. The maximum absolute atomic E-state index is 14.5. The van der Waals surface area contributed by atoms with Crippen molar-refractivity contribution in [2.75, 3.05) is 0 Å². The Morgan fingerprint density at radius 3 is 0.875 bits per heavy atom. The van der Waals surface area contributed by atoms with E-state index in [4.69, 9.17) is 20.4 Å². The van der Waals surface area contributed by atoms with E-state index in [2.05, 4.69) is 0 Å². The minimum atomic E-state index is -2.62. The molecule has 0 aliphatic carbocycles. The van der Waals surface area contributed by atoms with Gasteiger partial charge in [-0.1, -0.05) is 0 Å². The third-order valence-electron chi connectivity index (χ3n) is 3.62. The van der Waals surface area contributed by atoms with Crippen LogP contribution < -0.4 is 7.22 Å². The summed E-state index contributed by atoms with van der Waals surface area (Å²) in [6.45, 7) is 0. The average molecular weight is 693 g/mol. The van der Waals surface area contributed by atoms with Crippen molar-refractivity contribution >= 4 is 65.2 Å². The van der Waals surface area contributed by atoms with Crippen LogP contribution in [0.25, 0.3) is 0 Å². The van der Waals surface area contributed by atoms with Gasteiger partial charge < -0.3 is 0 Å². The molecular weight excluding hydrogens is 689 g/mol. The molecule has 16 heteroatoms. The zero-order chi connectivity index (χ0) is 24.7. The molecule has 0 atom stereocenters. The van der Waals surface area contributed by atoms with Crippen LogP contribution in [-0.2, 0) is 0 Å². The molecule has 0 heterocycles. The topological polar surface area (TPSA) is 149 Å². The van der Waals surface area contributed by atoms with E-state index in [1.165, 1.54) is 0 Å². The van der Waals surface area contributed by atoms with E-state index in [9.17, 15) is 45.5 Å². The van der Waals surface area contributed by atoms with Gasteiger partial charge in [-0.2, -0.15) is 0 Å². The van der Waals surface area contributed by atoms with Gasteiger partial charge in [-0.05, 0) is 0 Å². The number of hydrogen-bond donors (Lipinski definition) is 4. The van der Waals surface area contributed by atoms with Crippen molar-refractivity contribution in [3.8, 4) is 0 Å². The third-order valence-corrected chi connectivity index (χ3v) is 14.8. The monoisotopic (exact) mass is 698 g/mol. The molecule has 8 nitrogen and oxygen atoms in total. The summed E-state index contributed by atoms with van der Waals surface area (Å²) in [7, 11) is 0. The van der Waals surface area contributed by atoms with Gasteiger partial charge >= 0.3 is 188 Å². The third kappa shape index (κ3) is 4.36. The molecule has 4 N–H and O–H groups in total. The zero-order valence-corrected chi connectivity index (χ0v) is 19.2. The number of carbonyl (C=O) groups is 4. The summed E-state index contributed by atoms with van der Waals surface area (Å²) in [6, 6.07) is 0. The molecule has 0 saturated carbocycles. The SMILES string of the molecule is O=C(O)c1c(F)c(F)c([Te][Te]c2c(F)c(F)c(C(=O)O)c(C(=O)O)c2F)c(F)c1C(=O)O. The number of benzene rings is 2. The van der Waals surface area contributed by atoms with E-state index < -0.39 is 122 Å². The fourth-order valence-corrected chi connectivity index (χ4v) is 13.5. The summed E-state index contributed by atoms with van der Waals surface area (Å²) < 4.78 is 83.1. The average Bonchev–Trinajstić information content (AvgIpc) is 2.67. The summed E-state index contributed by atoms with van der Waals surface area (Å²) in [5.41, 5.74) is -7.15. The van der Waals surface area contributed by atoms with Crippen LogP contribution in [0.2, 0.25) is 0 Å². The Kier molecular flexibility index (Phi) is 7.67. The Balaban J connectivity index is 2.71. The number of carboxylic acids is 4. The molecular formula is C16H4F6O8Te2. The van der Waals surface area contributed by atoms with E-state index in [1.54, 1.807) is 0 Å². The number of carboxylic acid groups (broad SMARTS) is 4. The quantitative estimate of drug-likeness (QED) is 0.187. The molecule has 2 aromatic carbocycles. The summed E-state index contributed by atoms with van der Waals surface area (Å²) >= 11 is -5.24. The van der Waals surface area contributed by atoms with Gasteiger partial charge in [0.1, 0.15) is 0 Å². The van der Waals surface area contributed by atoms with Crippen molar-refractivity contribution in [2.24, 2.45) is 0 Å². The number of aromatic carboxylic acids is 4. The molecule has 0 radical (unpaired) electrons. The fourth-order valence-electron chi connectivity index (χ4n) is 2.31. The van der Waals surface area contributed by atoms with Crippen LogP contribution in [0, 0.1) is 34.9 Å². The predicted molar refractivity (Wildman–Crippen MR) is 91.2 cm³/mol. The summed E-state index contributed by atoms with van der Waals surface area (Å²) in [4.78, 5) is 44.3. The van der Waals surface area contributed by atoms with E-state index in [-0.39, 0.29) is 0 Å². The van der Waals surface area contributed by atoms with Gasteiger partial charge in [-0.3, -0.25) is 0 Å². The maximum atomic E-state index is 14.5. The molecule has 170 valence electrons. The summed E-state index contributed by atoms with van der Waals surface area (Å²) in [5, 5.41) is 35.6. The molecule has 0 amide bonds. The van der Waals surface area contributed by atoms with Gasteiger partial charge in [0.25, 0.3) is 0 Å². The van der Waals surface area contributed by atoms with Gasteiger partial charge in [-0.25, -0.2) is 0 Å². The van der Waals surface area contributed by atoms with Crippen LogP contribution in [0.4, 0.5) is 26.3 Å². The number of rotatable bonds is 7. The Bertz CT molecular complexity index is 1120. The summed E-state index contributed by atoms with van der Waals surface area (Å²) in [5.74, 6) is -21.9. The van der Waals surface area contributed by atoms with E-state index in [1.807, 2.05) is 0 Å². The second kappa shape index (κ2) is 9.54. The van der Waals surface area contributed by atoms with Crippen LogP contribution in [0.5, 0.6) is 0 Å². The van der Waals surface area contributed by atoms with Crippen LogP contribution >= 0.6 is 0 Å². The standard InChI is InChI=1S/C16H4F6O8Te2/c17-5-1(13(23)24)3(15(27)28)7(19)11(9(5)21)31-32-12-8(20)4(16(29)30)2(14(25)26)6(18)10(12)22/h(H,23,24)(H,25,26)(H,27,28)(H,29,30). The van der Waals surface area contributed by atoms with Gasteiger partial charge in [-0.15, -0.1) is 0 Å². The number of halogens is 6. The molecule has 0 aliphatic heterocycles. The van der Waals surface area contributed by atoms with Gasteiger partial charge in [0.05, 0.1) is 0 Å². The fraction of sp³-hybridized carbons (Fsp3) is 0. The van der Waals surface area contributed by atoms with Crippen LogP contribution in [0.3, 0.4) is 0 Å². The molecule has 0 aliphatic rings. The Labute approximate surface area is 187 Å². The van der Waals surface area contributed by atoms with Crippen LogP contribution in [0.15, 0.2) is 0 Å². The second-order valence-corrected chi connectivity index (χ2v) is 15.1. The van der Waals surface area contributed by atoms with E-state index in [0.29, 0.717) is 0 Å². The zero-order valence-electron chi connectivity index (χ0n) is 14.5. The molecule has 0 saturated heterocycles. The first kappa shape index (κ1) is 25.7. The van der Waals surface area contributed by atoms with Gasteiger partial charge in [0.15, 0.2) is 0 Å². The second-order valence-electron chi connectivity index (χ2n) is 5.43. The molecule has 0 aromatic heterocycles. The first-order valence-electron chi connectivity index (χ1n) is 7.42. The Hall–Kier alpha value is -2.52. The van der Waals surface area contributed by atoms with E-state index >= 15 is 0 Å².